The number of aromatic nitrogens is 1. The van der Waals surface area contributed by atoms with Gasteiger partial charge in [0.2, 0.25) is 0 Å². The Morgan fingerprint density at radius 1 is 1.54 bits per heavy atom. The summed E-state index contributed by atoms with van der Waals surface area (Å²) < 4.78 is 4.93. The lowest BCUT2D eigenvalue weighted by molar-refractivity contribution is 0.369. The molecule has 4 heteroatoms. The van der Waals surface area contributed by atoms with Gasteiger partial charge in [0.25, 0.3) is 0 Å². The number of halogens is 2. The van der Waals surface area contributed by atoms with E-state index in [1.807, 2.05) is 6.92 Å². The fourth-order valence-corrected chi connectivity index (χ4v) is 1.20. The van der Waals surface area contributed by atoms with Gasteiger partial charge >= 0.3 is 0 Å². The highest BCUT2D eigenvalue weighted by molar-refractivity contribution is 6.41. The Balaban J connectivity index is 3.20. The molecule has 0 radical (unpaired) electrons. The molecule has 0 spiro atoms. The summed E-state index contributed by atoms with van der Waals surface area (Å²) in [4.78, 5) is 4.01. The van der Waals surface area contributed by atoms with Crippen LogP contribution in [-0.4, -0.2) is 12.1 Å². The molecule has 1 aromatic rings. The molecular formula is C9H9Cl2NO. The van der Waals surface area contributed by atoms with Gasteiger partial charge in [-0.05, 0) is 18.6 Å². The summed E-state index contributed by atoms with van der Waals surface area (Å²) >= 11 is 11.6. The molecule has 0 amide bonds. The molecular weight excluding hydrogens is 209 g/mol. The van der Waals surface area contributed by atoms with Crippen LogP contribution in [-0.2, 0) is 4.74 Å². The quantitative estimate of drug-likeness (QED) is 0.561. The highest BCUT2D eigenvalue weighted by Crippen LogP contribution is 2.26. The molecule has 0 N–H and O–H groups in total. The highest BCUT2D eigenvalue weighted by atomic mass is 35.5. The zero-order valence-electron chi connectivity index (χ0n) is 7.40. The first kappa shape index (κ1) is 10.4. The van der Waals surface area contributed by atoms with Crippen LogP contribution in [0, 0.1) is 6.92 Å². The minimum absolute atomic E-state index is 0.273. The maximum atomic E-state index is 5.83. The Kier molecular flexibility index (Phi) is 3.17. The Morgan fingerprint density at radius 3 is 2.62 bits per heavy atom. The lowest BCUT2D eigenvalue weighted by Gasteiger charge is -2.06. The van der Waals surface area contributed by atoms with E-state index in [9.17, 15) is 0 Å². The van der Waals surface area contributed by atoms with E-state index in [0.29, 0.717) is 16.5 Å². The van der Waals surface area contributed by atoms with Crippen molar-refractivity contribution in [2.75, 3.05) is 7.11 Å². The van der Waals surface area contributed by atoms with Gasteiger partial charge in [0, 0.05) is 0 Å². The third-order valence-corrected chi connectivity index (χ3v) is 2.48. The molecule has 0 unspecified atom stereocenters. The van der Waals surface area contributed by atoms with Gasteiger partial charge in [-0.25, -0.2) is 4.98 Å². The predicted octanol–water partition coefficient (Wildman–Crippen LogP) is 3.31. The van der Waals surface area contributed by atoms with E-state index in [1.165, 1.54) is 7.11 Å². The highest BCUT2D eigenvalue weighted by Gasteiger charge is 2.08. The van der Waals surface area contributed by atoms with E-state index in [-0.39, 0.29) is 5.15 Å². The molecule has 70 valence electrons. The summed E-state index contributed by atoms with van der Waals surface area (Å²) in [6, 6.07) is 1.78. The zero-order chi connectivity index (χ0) is 10.0. The first-order valence-electron chi connectivity index (χ1n) is 3.62. The molecule has 2 nitrogen and oxygen atoms in total. The molecule has 0 aliphatic rings. The van der Waals surface area contributed by atoms with Gasteiger partial charge in [0.15, 0.2) is 0 Å². The second kappa shape index (κ2) is 3.99. The van der Waals surface area contributed by atoms with E-state index in [2.05, 4.69) is 11.6 Å². The standard InChI is InChI=1S/C9H9Cl2NO/c1-5-4-7(6(2)13-3)12-9(11)8(5)10/h4H,2H2,1,3H3. The first-order chi connectivity index (χ1) is 6.06. The number of aryl methyl sites for hydroxylation is 1. The molecule has 0 saturated carbocycles. The molecule has 13 heavy (non-hydrogen) atoms. The number of pyridine rings is 1. The second-order valence-corrected chi connectivity index (χ2v) is 3.29. The van der Waals surface area contributed by atoms with Crippen LogP contribution in [0.15, 0.2) is 12.6 Å². The molecule has 0 aromatic carbocycles. The van der Waals surface area contributed by atoms with E-state index in [0.717, 1.165) is 5.56 Å². The molecule has 0 saturated heterocycles. The molecule has 0 bridgehead atoms. The SMILES string of the molecule is C=C(OC)c1cc(C)c(Cl)c(Cl)n1. The number of methoxy groups -OCH3 is 1. The smallest absolute Gasteiger partial charge is 0.148 e. The Bertz CT molecular complexity index is 326. The van der Waals surface area contributed by atoms with Crippen molar-refractivity contribution in [2.24, 2.45) is 0 Å². The second-order valence-electron chi connectivity index (χ2n) is 2.56. The Morgan fingerprint density at radius 2 is 2.15 bits per heavy atom. The summed E-state index contributed by atoms with van der Waals surface area (Å²) in [5.41, 5.74) is 1.46. The number of ether oxygens (including phenoxy) is 1. The van der Waals surface area contributed by atoms with Crippen LogP contribution in [0.2, 0.25) is 10.2 Å². The maximum absolute atomic E-state index is 5.83. The normalized spacial score (nSPS) is 9.85. The minimum Gasteiger partial charge on any atom is -0.495 e. The zero-order valence-corrected chi connectivity index (χ0v) is 8.91. The van der Waals surface area contributed by atoms with Gasteiger partial charge in [-0.3, -0.25) is 0 Å². The largest absolute Gasteiger partial charge is 0.495 e. The van der Waals surface area contributed by atoms with E-state index in [1.54, 1.807) is 6.07 Å². The predicted molar refractivity (Wildman–Crippen MR) is 55.0 cm³/mol. The minimum atomic E-state index is 0.273. The summed E-state index contributed by atoms with van der Waals surface area (Å²) in [7, 11) is 1.53. The Labute approximate surface area is 87.1 Å². The van der Waals surface area contributed by atoms with Crippen LogP contribution < -0.4 is 0 Å². The third kappa shape index (κ3) is 2.14. The monoisotopic (exact) mass is 217 g/mol. The van der Waals surface area contributed by atoms with Crippen LogP contribution >= 0.6 is 23.2 Å². The molecule has 0 fully saturated rings. The summed E-state index contributed by atoms with van der Waals surface area (Å²) in [5.74, 6) is 0.474. The summed E-state index contributed by atoms with van der Waals surface area (Å²) in [6.07, 6.45) is 0. The fourth-order valence-electron chi connectivity index (χ4n) is 0.866. The van der Waals surface area contributed by atoms with Crippen LogP contribution in [0.3, 0.4) is 0 Å². The van der Waals surface area contributed by atoms with E-state index in [4.69, 9.17) is 27.9 Å². The summed E-state index contributed by atoms with van der Waals surface area (Å²) in [5, 5.41) is 0.740. The van der Waals surface area contributed by atoms with Gasteiger partial charge < -0.3 is 4.74 Å². The Hall–Kier alpha value is -0.730. The first-order valence-corrected chi connectivity index (χ1v) is 4.37. The lowest BCUT2D eigenvalue weighted by atomic mass is 10.2. The van der Waals surface area contributed by atoms with Crippen molar-refractivity contribution in [2.45, 2.75) is 6.92 Å². The number of rotatable bonds is 2. The topological polar surface area (TPSA) is 22.1 Å². The van der Waals surface area contributed by atoms with Gasteiger partial charge in [0.1, 0.15) is 16.6 Å². The van der Waals surface area contributed by atoms with Gasteiger partial charge in [-0.1, -0.05) is 29.8 Å². The van der Waals surface area contributed by atoms with Crippen LogP contribution in [0.5, 0.6) is 0 Å². The van der Waals surface area contributed by atoms with Gasteiger partial charge in [-0.15, -0.1) is 0 Å². The van der Waals surface area contributed by atoms with E-state index < -0.39 is 0 Å². The van der Waals surface area contributed by atoms with Crippen LogP contribution in [0.1, 0.15) is 11.3 Å². The van der Waals surface area contributed by atoms with Crippen LogP contribution in [0.25, 0.3) is 5.76 Å². The summed E-state index contributed by atoms with van der Waals surface area (Å²) in [6.45, 7) is 5.52. The molecule has 1 aromatic heterocycles. The molecule has 0 aliphatic heterocycles. The fraction of sp³-hybridized carbons (Fsp3) is 0.222. The van der Waals surface area contributed by atoms with Crippen molar-refractivity contribution in [3.63, 3.8) is 0 Å². The molecule has 0 aliphatic carbocycles. The average Bonchev–Trinajstić information content (AvgIpc) is 2.12. The number of hydrogen-bond donors (Lipinski definition) is 0. The average molecular weight is 218 g/mol. The van der Waals surface area contributed by atoms with Crippen molar-refractivity contribution in [3.05, 3.63) is 34.1 Å². The number of hydrogen-bond acceptors (Lipinski definition) is 2. The van der Waals surface area contributed by atoms with Crippen molar-refractivity contribution < 1.29 is 4.74 Å². The molecule has 0 atom stereocenters. The van der Waals surface area contributed by atoms with E-state index >= 15 is 0 Å². The van der Waals surface area contributed by atoms with Crippen molar-refractivity contribution >= 4 is 29.0 Å². The van der Waals surface area contributed by atoms with Crippen molar-refractivity contribution in [1.82, 2.24) is 4.98 Å². The van der Waals surface area contributed by atoms with Gasteiger partial charge in [-0.2, -0.15) is 0 Å². The maximum Gasteiger partial charge on any atom is 0.148 e. The van der Waals surface area contributed by atoms with Crippen molar-refractivity contribution in [3.8, 4) is 0 Å². The lowest BCUT2D eigenvalue weighted by Crippen LogP contribution is -1.93. The number of nitrogens with zero attached hydrogens (tertiary/aromatic N) is 1. The van der Waals surface area contributed by atoms with Gasteiger partial charge in [0.05, 0.1) is 12.1 Å². The van der Waals surface area contributed by atoms with Crippen LogP contribution in [0.4, 0.5) is 0 Å². The third-order valence-electron chi connectivity index (χ3n) is 1.63. The molecule has 1 rings (SSSR count). The molecule has 1 heterocycles. The van der Waals surface area contributed by atoms with Crippen molar-refractivity contribution in [1.29, 1.82) is 0 Å².